The molecule has 1 aromatic carbocycles. The number of nitrogens with one attached hydrogen (secondary N) is 1. The number of benzene rings is 1. The van der Waals surface area contributed by atoms with E-state index in [2.05, 4.69) is 15.2 Å². The van der Waals surface area contributed by atoms with Gasteiger partial charge in [-0.25, -0.2) is 19.2 Å². The molecule has 0 radical (unpaired) electrons. The Balaban J connectivity index is 0.000000541. The number of nitrogens with zero attached hydrogens (tertiary/aromatic N) is 5. The van der Waals surface area contributed by atoms with Gasteiger partial charge in [0.05, 0.1) is 16.3 Å². The largest absolute Gasteiger partial charge is 0.490 e. The Bertz CT molecular complexity index is 1450. The van der Waals surface area contributed by atoms with Crippen LogP contribution in [-0.2, 0) is 11.3 Å². The van der Waals surface area contributed by atoms with Crippen molar-refractivity contribution in [1.29, 1.82) is 0 Å². The molecule has 4 heterocycles. The van der Waals surface area contributed by atoms with Crippen LogP contribution in [0.4, 0.5) is 28.5 Å². The number of rotatable bonds is 6. The molecule has 0 spiro atoms. The van der Waals surface area contributed by atoms with Crippen LogP contribution in [0, 0.1) is 5.82 Å². The van der Waals surface area contributed by atoms with Crippen LogP contribution in [0.1, 0.15) is 39.3 Å². The molecular formula is C27H27ClF4N6O4S. The van der Waals surface area contributed by atoms with E-state index in [1.807, 2.05) is 16.3 Å². The number of carboxylic acids is 1. The number of aliphatic carboxylic acids is 1. The number of halogens is 5. The summed E-state index contributed by atoms with van der Waals surface area (Å²) < 4.78 is 46.1. The molecule has 2 aromatic heterocycles. The molecule has 230 valence electrons. The lowest BCUT2D eigenvalue weighted by molar-refractivity contribution is -0.192. The third-order valence-electron chi connectivity index (χ3n) is 6.66. The minimum atomic E-state index is -5.08. The molecule has 10 nitrogen and oxygen atoms in total. The highest BCUT2D eigenvalue weighted by Gasteiger charge is 2.38. The zero-order valence-corrected chi connectivity index (χ0v) is 24.2. The Hall–Kier alpha value is -3.82. The van der Waals surface area contributed by atoms with Crippen molar-refractivity contribution in [3.63, 3.8) is 0 Å². The summed E-state index contributed by atoms with van der Waals surface area (Å²) in [6, 6.07) is 8.10. The first-order valence-corrected chi connectivity index (χ1v) is 14.4. The van der Waals surface area contributed by atoms with Crippen LogP contribution in [-0.4, -0.2) is 93.0 Å². The van der Waals surface area contributed by atoms with Crippen LogP contribution in [0.5, 0.6) is 0 Å². The van der Waals surface area contributed by atoms with E-state index >= 15 is 0 Å². The van der Waals surface area contributed by atoms with Crippen molar-refractivity contribution in [2.24, 2.45) is 0 Å². The standard InChI is InChI=1S/C25H26ClFN6O2S.C2HF3O2/c26-20-5-3-4-19(22(20)27)24(35)33-11-9-31(10-12-33)16-18-14-17(23(34)32-7-1-2-8-32)15-21(29-18)30-25-28-6-13-36-25;3-2(4,5)1(6)7/h3-6,13-15H,1-2,7-12,16H2,(H,28,29,30);(H,6,7). The number of amides is 2. The number of carboxylic acid groups (broad SMARTS) is 1. The van der Waals surface area contributed by atoms with E-state index in [0.29, 0.717) is 49.2 Å². The van der Waals surface area contributed by atoms with E-state index in [1.165, 1.54) is 23.5 Å². The van der Waals surface area contributed by atoms with Gasteiger partial charge in [0.25, 0.3) is 11.8 Å². The van der Waals surface area contributed by atoms with Crippen molar-refractivity contribution in [2.75, 3.05) is 44.6 Å². The van der Waals surface area contributed by atoms with E-state index < -0.39 is 18.0 Å². The minimum absolute atomic E-state index is 0.0105. The fourth-order valence-electron chi connectivity index (χ4n) is 4.53. The molecule has 43 heavy (non-hydrogen) atoms. The highest BCUT2D eigenvalue weighted by atomic mass is 35.5. The van der Waals surface area contributed by atoms with Gasteiger partial charge in [-0.15, -0.1) is 11.3 Å². The lowest BCUT2D eigenvalue weighted by Crippen LogP contribution is -2.48. The maximum Gasteiger partial charge on any atom is 0.490 e. The highest BCUT2D eigenvalue weighted by molar-refractivity contribution is 7.13. The summed E-state index contributed by atoms with van der Waals surface area (Å²) in [5, 5.41) is 12.9. The predicted octanol–water partition coefficient (Wildman–Crippen LogP) is 4.90. The van der Waals surface area contributed by atoms with Crippen molar-refractivity contribution in [2.45, 2.75) is 25.6 Å². The number of thiazole rings is 1. The molecule has 2 aliphatic rings. The quantitative estimate of drug-likeness (QED) is 0.365. The molecule has 2 aliphatic heterocycles. The number of likely N-dealkylation sites (tertiary alicyclic amines) is 1. The fourth-order valence-corrected chi connectivity index (χ4v) is 5.24. The average Bonchev–Trinajstić information content (AvgIpc) is 3.69. The molecule has 3 aromatic rings. The minimum Gasteiger partial charge on any atom is -0.475 e. The first kappa shape index (κ1) is 32.1. The maximum atomic E-state index is 14.3. The van der Waals surface area contributed by atoms with Gasteiger partial charge >= 0.3 is 12.1 Å². The third kappa shape index (κ3) is 8.61. The van der Waals surface area contributed by atoms with Crippen molar-refractivity contribution in [1.82, 2.24) is 24.7 Å². The second-order valence-corrected chi connectivity index (χ2v) is 11.0. The Kier molecular flexibility index (Phi) is 10.5. The van der Waals surface area contributed by atoms with Gasteiger partial charge in [-0.2, -0.15) is 13.2 Å². The zero-order valence-electron chi connectivity index (χ0n) is 22.6. The van der Waals surface area contributed by atoms with Crippen LogP contribution in [0.25, 0.3) is 0 Å². The van der Waals surface area contributed by atoms with Gasteiger partial charge in [-0.05, 0) is 37.1 Å². The second kappa shape index (κ2) is 14.1. The van der Waals surface area contributed by atoms with Crippen molar-refractivity contribution in [3.8, 4) is 0 Å². The SMILES string of the molecule is O=C(O)C(F)(F)F.O=C(c1cc(CN2CCN(C(=O)c3cccc(Cl)c3F)CC2)nc(Nc2nccs2)c1)N1CCCC1. The average molecular weight is 643 g/mol. The second-order valence-electron chi connectivity index (χ2n) is 9.67. The summed E-state index contributed by atoms with van der Waals surface area (Å²) in [5.74, 6) is -3.21. The lowest BCUT2D eigenvalue weighted by Gasteiger charge is -2.34. The number of hydrogen-bond donors (Lipinski definition) is 2. The Morgan fingerprint density at radius 2 is 1.65 bits per heavy atom. The van der Waals surface area contributed by atoms with Gasteiger partial charge in [0.1, 0.15) is 5.82 Å². The van der Waals surface area contributed by atoms with Gasteiger partial charge in [-0.1, -0.05) is 17.7 Å². The van der Waals surface area contributed by atoms with E-state index in [0.717, 1.165) is 31.6 Å². The Morgan fingerprint density at radius 3 is 2.26 bits per heavy atom. The van der Waals surface area contributed by atoms with Crippen LogP contribution in [0.2, 0.25) is 5.02 Å². The smallest absolute Gasteiger partial charge is 0.475 e. The maximum absolute atomic E-state index is 14.3. The lowest BCUT2D eigenvalue weighted by atomic mass is 10.1. The summed E-state index contributed by atoms with van der Waals surface area (Å²) in [7, 11) is 0. The summed E-state index contributed by atoms with van der Waals surface area (Å²) in [5.41, 5.74) is 1.36. The normalized spacial score (nSPS) is 15.6. The van der Waals surface area contributed by atoms with Crippen molar-refractivity contribution >= 4 is 51.7 Å². The van der Waals surface area contributed by atoms with E-state index in [4.69, 9.17) is 26.5 Å². The summed E-state index contributed by atoms with van der Waals surface area (Å²) in [6.45, 7) is 4.21. The molecule has 2 fully saturated rings. The summed E-state index contributed by atoms with van der Waals surface area (Å²) in [6.07, 6.45) is -1.32. The van der Waals surface area contributed by atoms with Gasteiger partial charge in [0, 0.05) is 63.0 Å². The molecule has 16 heteroatoms. The molecular weight excluding hydrogens is 616 g/mol. The topological polar surface area (TPSA) is 119 Å². The van der Waals surface area contributed by atoms with Crippen LogP contribution in [0.3, 0.4) is 0 Å². The molecule has 0 saturated carbocycles. The van der Waals surface area contributed by atoms with Crippen molar-refractivity contribution < 1.29 is 37.1 Å². The molecule has 0 aliphatic carbocycles. The van der Waals surface area contributed by atoms with Gasteiger partial charge in [0.15, 0.2) is 10.9 Å². The van der Waals surface area contributed by atoms with Crippen LogP contribution in [0.15, 0.2) is 41.9 Å². The molecule has 0 unspecified atom stereocenters. The van der Waals surface area contributed by atoms with Gasteiger partial charge in [0.2, 0.25) is 0 Å². The fraction of sp³-hybridized carbons (Fsp3) is 0.370. The monoisotopic (exact) mass is 642 g/mol. The molecule has 2 amide bonds. The third-order valence-corrected chi connectivity index (χ3v) is 7.64. The highest BCUT2D eigenvalue weighted by Crippen LogP contribution is 2.23. The molecule has 2 saturated heterocycles. The van der Waals surface area contributed by atoms with Gasteiger partial charge in [-0.3, -0.25) is 14.5 Å². The predicted molar refractivity (Wildman–Crippen MR) is 151 cm³/mol. The van der Waals surface area contributed by atoms with E-state index in [9.17, 15) is 27.2 Å². The molecule has 0 atom stereocenters. The molecule has 5 rings (SSSR count). The van der Waals surface area contributed by atoms with Gasteiger partial charge < -0.3 is 20.2 Å². The van der Waals surface area contributed by atoms with Crippen molar-refractivity contribution in [3.05, 3.63) is 69.6 Å². The Labute approximate surface area is 252 Å². The number of carbonyl (C=O) groups is 3. The first-order chi connectivity index (χ1) is 20.4. The number of piperazine rings is 1. The van der Waals surface area contributed by atoms with Crippen LogP contribution < -0.4 is 5.32 Å². The first-order valence-electron chi connectivity index (χ1n) is 13.1. The molecule has 0 bridgehead atoms. The number of hydrogen-bond acceptors (Lipinski definition) is 8. The number of carbonyl (C=O) groups excluding carboxylic acids is 2. The number of aromatic nitrogens is 2. The number of alkyl halides is 3. The number of pyridine rings is 1. The summed E-state index contributed by atoms with van der Waals surface area (Å²) in [4.78, 5) is 49.5. The van der Waals surface area contributed by atoms with Crippen LogP contribution >= 0.6 is 22.9 Å². The van der Waals surface area contributed by atoms with E-state index in [1.54, 1.807) is 23.2 Å². The Morgan fingerprint density at radius 1 is 1.00 bits per heavy atom. The molecule has 2 N–H and O–H groups in total. The summed E-state index contributed by atoms with van der Waals surface area (Å²) >= 11 is 7.31. The zero-order chi connectivity index (χ0) is 31.1. The number of anilines is 2. The van der Waals surface area contributed by atoms with E-state index in [-0.39, 0.29) is 22.4 Å².